The minimum absolute atomic E-state index is 0.0378. The van der Waals surface area contributed by atoms with Gasteiger partial charge in [0.1, 0.15) is 29.2 Å². The average molecular weight is 407 g/mol. The first-order valence-electron chi connectivity index (χ1n) is 10.4. The number of amides is 1. The van der Waals surface area contributed by atoms with Crippen molar-refractivity contribution >= 4 is 16.9 Å². The number of benzene rings is 2. The fraction of sp³-hybridized carbons (Fsp3) is 0.333. The van der Waals surface area contributed by atoms with Gasteiger partial charge < -0.3 is 19.4 Å². The van der Waals surface area contributed by atoms with E-state index in [2.05, 4.69) is 17.4 Å². The molecule has 1 amide bonds. The fourth-order valence-electron chi connectivity index (χ4n) is 4.21. The highest BCUT2D eigenvalue weighted by Gasteiger charge is 2.27. The summed E-state index contributed by atoms with van der Waals surface area (Å²) < 4.78 is 10.8. The molecule has 0 bridgehead atoms. The predicted octanol–water partition coefficient (Wildman–Crippen LogP) is 2.34. The highest BCUT2D eigenvalue weighted by molar-refractivity contribution is 5.96. The molecule has 1 atom stereocenters. The number of carbonyl (C=O) groups is 1. The number of carbonyl (C=O) groups excluding carboxylic acids is 1. The number of hydrogen-bond acceptors (Lipinski definition) is 4. The van der Waals surface area contributed by atoms with E-state index in [4.69, 9.17) is 9.15 Å². The number of para-hydroxylation sites is 1. The van der Waals surface area contributed by atoms with Crippen LogP contribution in [0, 0.1) is 0 Å². The summed E-state index contributed by atoms with van der Waals surface area (Å²) in [6.07, 6.45) is 4.88. The van der Waals surface area contributed by atoms with Crippen LogP contribution in [0.4, 0.5) is 0 Å². The molecule has 0 unspecified atom stereocenters. The predicted molar refractivity (Wildman–Crippen MR) is 115 cm³/mol. The number of piperidine rings is 1. The van der Waals surface area contributed by atoms with Gasteiger partial charge >= 0.3 is 0 Å². The lowest BCUT2D eigenvalue weighted by Gasteiger charge is -2.32. The van der Waals surface area contributed by atoms with Gasteiger partial charge in [-0.2, -0.15) is 0 Å². The van der Waals surface area contributed by atoms with Gasteiger partial charge in [-0.25, -0.2) is 0 Å². The van der Waals surface area contributed by atoms with Gasteiger partial charge in [0.2, 0.25) is 5.43 Å². The summed E-state index contributed by atoms with van der Waals surface area (Å²) in [6, 6.07) is 15.1. The van der Waals surface area contributed by atoms with Gasteiger partial charge in [-0.15, -0.1) is 0 Å². The summed E-state index contributed by atoms with van der Waals surface area (Å²) >= 11 is 0. The second-order valence-electron chi connectivity index (χ2n) is 7.73. The summed E-state index contributed by atoms with van der Waals surface area (Å²) in [5.41, 5.74) is 1.36. The van der Waals surface area contributed by atoms with Crippen LogP contribution in [-0.2, 0) is 0 Å². The number of nitrogens with one attached hydrogen (secondary N) is 2. The molecule has 2 heterocycles. The van der Waals surface area contributed by atoms with Crippen LogP contribution in [0.25, 0.3) is 11.0 Å². The maximum atomic E-state index is 12.8. The van der Waals surface area contributed by atoms with Crippen molar-refractivity contribution in [1.82, 2.24) is 5.32 Å². The lowest BCUT2D eigenvalue weighted by Crippen LogP contribution is -3.13. The Bertz CT molecular complexity index is 1070. The van der Waals surface area contributed by atoms with Crippen molar-refractivity contribution in [2.24, 2.45) is 0 Å². The maximum absolute atomic E-state index is 12.8. The maximum Gasteiger partial charge on any atom is 0.258 e. The normalized spacial score (nSPS) is 15.6. The van der Waals surface area contributed by atoms with Crippen LogP contribution in [0.5, 0.6) is 5.75 Å². The van der Waals surface area contributed by atoms with Crippen molar-refractivity contribution < 1.29 is 18.8 Å². The Morgan fingerprint density at radius 1 is 1.10 bits per heavy atom. The lowest BCUT2D eigenvalue weighted by atomic mass is 10.0. The van der Waals surface area contributed by atoms with Crippen LogP contribution in [0.3, 0.4) is 0 Å². The zero-order valence-corrected chi connectivity index (χ0v) is 17.1. The van der Waals surface area contributed by atoms with Gasteiger partial charge in [0.15, 0.2) is 0 Å². The summed E-state index contributed by atoms with van der Waals surface area (Å²) in [7, 11) is 1.65. The molecule has 1 aromatic heterocycles. The van der Waals surface area contributed by atoms with Crippen LogP contribution < -0.4 is 20.4 Å². The summed E-state index contributed by atoms with van der Waals surface area (Å²) in [4.78, 5) is 27.0. The molecule has 1 saturated heterocycles. The van der Waals surface area contributed by atoms with Crippen molar-refractivity contribution in [1.29, 1.82) is 0 Å². The van der Waals surface area contributed by atoms with Gasteiger partial charge in [0.25, 0.3) is 5.91 Å². The smallest absolute Gasteiger partial charge is 0.258 e. The van der Waals surface area contributed by atoms with Gasteiger partial charge in [-0.3, -0.25) is 9.59 Å². The van der Waals surface area contributed by atoms with E-state index in [0.717, 1.165) is 24.4 Å². The number of quaternary nitrogens is 1. The molecule has 0 radical (unpaired) electrons. The third-order valence-corrected chi connectivity index (χ3v) is 5.90. The van der Waals surface area contributed by atoms with E-state index in [1.54, 1.807) is 31.4 Å². The SMILES string of the molecule is COc1ccc([C@@H](CNC(=O)c2coc3ccccc3c2=O)[NH+]2CCCCC2)cc1. The van der Waals surface area contributed by atoms with Crippen molar-refractivity contribution in [3.05, 3.63) is 76.1 Å². The second kappa shape index (κ2) is 9.13. The van der Waals surface area contributed by atoms with Crippen molar-refractivity contribution in [2.75, 3.05) is 26.7 Å². The Hall–Kier alpha value is -3.12. The average Bonchev–Trinajstić information content (AvgIpc) is 2.80. The molecular formula is C24H27N2O4+. The Balaban J connectivity index is 1.55. The van der Waals surface area contributed by atoms with Gasteiger partial charge in [0, 0.05) is 5.56 Å². The zero-order valence-electron chi connectivity index (χ0n) is 17.1. The quantitative estimate of drug-likeness (QED) is 0.658. The Morgan fingerprint density at radius 2 is 1.83 bits per heavy atom. The minimum Gasteiger partial charge on any atom is -0.497 e. The first-order valence-corrected chi connectivity index (χ1v) is 10.4. The van der Waals surface area contributed by atoms with Crippen LogP contribution in [0.1, 0.15) is 41.2 Å². The Kier molecular flexibility index (Phi) is 6.14. The first kappa shape index (κ1) is 20.2. The van der Waals surface area contributed by atoms with Gasteiger partial charge in [-0.1, -0.05) is 12.1 Å². The van der Waals surface area contributed by atoms with Crippen LogP contribution in [0.2, 0.25) is 0 Å². The molecule has 4 rings (SSSR count). The molecule has 1 fully saturated rings. The van der Waals surface area contributed by atoms with Crippen molar-refractivity contribution in [3.8, 4) is 5.75 Å². The number of fused-ring (bicyclic) bond motifs is 1. The molecule has 0 saturated carbocycles. The molecule has 0 aliphatic carbocycles. The number of methoxy groups -OCH3 is 1. The molecule has 0 spiro atoms. The Morgan fingerprint density at radius 3 is 2.57 bits per heavy atom. The van der Waals surface area contributed by atoms with Crippen molar-refractivity contribution in [3.63, 3.8) is 0 Å². The number of rotatable bonds is 6. The second-order valence-corrected chi connectivity index (χ2v) is 7.73. The first-order chi connectivity index (χ1) is 14.7. The lowest BCUT2D eigenvalue weighted by molar-refractivity contribution is -0.935. The van der Waals surface area contributed by atoms with E-state index < -0.39 is 5.91 Å². The van der Waals surface area contributed by atoms with E-state index in [9.17, 15) is 9.59 Å². The third kappa shape index (κ3) is 4.24. The van der Waals surface area contributed by atoms with Crippen LogP contribution in [-0.4, -0.2) is 32.7 Å². The summed E-state index contributed by atoms with van der Waals surface area (Å²) in [5.74, 6) is 0.411. The topological polar surface area (TPSA) is 73.0 Å². The molecule has 1 aliphatic heterocycles. The van der Waals surface area contributed by atoms with Crippen LogP contribution in [0.15, 0.2) is 64.0 Å². The molecule has 156 valence electrons. The highest BCUT2D eigenvalue weighted by Crippen LogP contribution is 2.17. The number of hydrogen-bond donors (Lipinski definition) is 2. The highest BCUT2D eigenvalue weighted by atomic mass is 16.5. The Labute approximate surface area is 175 Å². The summed E-state index contributed by atoms with van der Waals surface area (Å²) in [6.45, 7) is 2.60. The van der Waals surface area contributed by atoms with E-state index in [1.165, 1.54) is 30.4 Å². The fourth-order valence-corrected chi connectivity index (χ4v) is 4.21. The van der Waals surface area contributed by atoms with E-state index in [-0.39, 0.29) is 17.0 Å². The molecule has 6 heteroatoms. The molecular weight excluding hydrogens is 380 g/mol. The van der Waals surface area contributed by atoms with Crippen molar-refractivity contribution in [2.45, 2.75) is 25.3 Å². The van der Waals surface area contributed by atoms with Gasteiger partial charge in [0.05, 0.1) is 32.1 Å². The van der Waals surface area contributed by atoms with E-state index in [0.29, 0.717) is 17.5 Å². The molecule has 6 nitrogen and oxygen atoms in total. The van der Waals surface area contributed by atoms with E-state index >= 15 is 0 Å². The zero-order chi connectivity index (χ0) is 20.9. The molecule has 30 heavy (non-hydrogen) atoms. The third-order valence-electron chi connectivity index (χ3n) is 5.90. The largest absolute Gasteiger partial charge is 0.497 e. The van der Waals surface area contributed by atoms with Gasteiger partial charge in [-0.05, 0) is 55.7 Å². The molecule has 1 aliphatic rings. The summed E-state index contributed by atoms with van der Waals surface area (Å²) in [5, 5.41) is 3.39. The van der Waals surface area contributed by atoms with Crippen LogP contribution >= 0.6 is 0 Å². The molecule has 2 N–H and O–H groups in total. The standard InChI is InChI=1S/C24H26N2O4/c1-29-18-11-9-17(10-12-18)21(26-13-5-2-6-14-26)15-25-24(28)20-16-30-22-8-4-3-7-19(22)23(20)27/h3-4,7-12,16,21H,2,5-6,13-15H2,1H3,(H,25,28)/p+1/t21-/m1/s1. The molecule has 3 aromatic rings. The van der Waals surface area contributed by atoms with E-state index in [1.807, 2.05) is 12.1 Å². The minimum atomic E-state index is -0.399. The number of ether oxygens (including phenoxy) is 1. The molecule has 2 aromatic carbocycles. The number of likely N-dealkylation sites (tertiary alicyclic amines) is 1. The monoisotopic (exact) mass is 407 g/mol.